The highest BCUT2D eigenvalue weighted by Gasteiger charge is 1.97. The van der Waals surface area contributed by atoms with Gasteiger partial charge in [-0.1, -0.05) is 18.2 Å². The third kappa shape index (κ3) is 3.46. The number of carbonyl (C=O) groups is 1. The summed E-state index contributed by atoms with van der Waals surface area (Å²) in [5.74, 6) is -0.0534. The molecule has 0 aliphatic carbocycles. The average molecular weight is 206 g/mol. The smallest absolute Gasteiger partial charge is 0.307 e. The van der Waals surface area contributed by atoms with Gasteiger partial charge in [0.05, 0.1) is 13.5 Å². The number of carboxylic acids is 1. The summed E-state index contributed by atoms with van der Waals surface area (Å²) < 4.78 is 5.09. The van der Waals surface area contributed by atoms with Crippen LogP contribution in [0.1, 0.15) is 17.5 Å². The van der Waals surface area contributed by atoms with Crippen molar-refractivity contribution in [3.63, 3.8) is 0 Å². The summed E-state index contributed by atoms with van der Waals surface area (Å²) in [6, 6.07) is 5.71. The molecule has 1 rings (SSSR count). The average Bonchev–Trinajstić information content (AvgIpc) is 2.20. The zero-order valence-electron chi connectivity index (χ0n) is 8.86. The van der Waals surface area contributed by atoms with Gasteiger partial charge in [0.2, 0.25) is 0 Å². The Morgan fingerprint density at radius 3 is 2.87 bits per heavy atom. The molecule has 0 unspecified atom stereocenters. The SMILES string of the molecule is COc1ccc(C)c(/C=C/CC(=O)O)c1. The Morgan fingerprint density at radius 2 is 2.27 bits per heavy atom. The molecule has 1 aromatic carbocycles. The van der Waals surface area contributed by atoms with E-state index in [0.29, 0.717) is 0 Å². The van der Waals surface area contributed by atoms with Gasteiger partial charge >= 0.3 is 5.97 Å². The number of hydrogen-bond donors (Lipinski definition) is 1. The van der Waals surface area contributed by atoms with E-state index in [-0.39, 0.29) is 6.42 Å². The topological polar surface area (TPSA) is 46.5 Å². The van der Waals surface area contributed by atoms with Crippen LogP contribution in [-0.2, 0) is 4.79 Å². The predicted octanol–water partition coefficient (Wildman–Crippen LogP) is 2.49. The van der Waals surface area contributed by atoms with Crippen LogP contribution < -0.4 is 4.74 Å². The monoisotopic (exact) mass is 206 g/mol. The molecule has 0 bridgehead atoms. The van der Waals surface area contributed by atoms with E-state index in [0.717, 1.165) is 16.9 Å². The molecule has 0 aromatic heterocycles. The highest BCUT2D eigenvalue weighted by molar-refractivity contribution is 5.70. The fraction of sp³-hybridized carbons (Fsp3) is 0.250. The van der Waals surface area contributed by atoms with Gasteiger partial charge in [-0.15, -0.1) is 0 Å². The summed E-state index contributed by atoms with van der Waals surface area (Å²) in [6.45, 7) is 1.97. The molecule has 15 heavy (non-hydrogen) atoms. The molecular weight excluding hydrogens is 192 g/mol. The second kappa shape index (κ2) is 5.20. The zero-order chi connectivity index (χ0) is 11.3. The fourth-order valence-corrected chi connectivity index (χ4v) is 1.21. The van der Waals surface area contributed by atoms with Crippen LogP contribution in [0.5, 0.6) is 5.75 Å². The molecule has 0 heterocycles. The van der Waals surface area contributed by atoms with Gasteiger partial charge in [-0.05, 0) is 30.2 Å². The predicted molar refractivity (Wildman–Crippen MR) is 59.0 cm³/mol. The van der Waals surface area contributed by atoms with Crippen LogP contribution in [0.15, 0.2) is 24.3 Å². The number of methoxy groups -OCH3 is 1. The van der Waals surface area contributed by atoms with E-state index in [9.17, 15) is 4.79 Å². The fourth-order valence-electron chi connectivity index (χ4n) is 1.21. The van der Waals surface area contributed by atoms with Gasteiger partial charge in [0, 0.05) is 0 Å². The van der Waals surface area contributed by atoms with E-state index in [1.54, 1.807) is 19.3 Å². The summed E-state index contributed by atoms with van der Waals surface area (Å²) in [4.78, 5) is 10.3. The third-order valence-electron chi connectivity index (χ3n) is 2.08. The quantitative estimate of drug-likeness (QED) is 0.823. The van der Waals surface area contributed by atoms with Gasteiger partial charge < -0.3 is 9.84 Å². The highest BCUT2D eigenvalue weighted by atomic mass is 16.5. The minimum atomic E-state index is -0.827. The van der Waals surface area contributed by atoms with Crippen molar-refractivity contribution in [2.45, 2.75) is 13.3 Å². The maximum atomic E-state index is 10.3. The Balaban J connectivity index is 2.83. The molecule has 0 saturated heterocycles. The summed E-state index contributed by atoms with van der Waals surface area (Å²) in [5, 5.41) is 8.49. The van der Waals surface area contributed by atoms with Gasteiger partial charge in [-0.25, -0.2) is 0 Å². The summed E-state index contributed by atoms with van der Waals surface area (Å²) in [7, 11) is 1.61. The lowest BCUT2D eigenvalue weighted by atomic mass is 10.1. The normalized spacial score (nSPS) is 10.5. The zero-order valence-corrected chi connectivity index (χ0v) is 8.86. The second-order valence-electron chi connectivity index (χ2n) is 3.22. The number of aliphatic carboxylic acids is 1. The first-order chi connectivity index (χ1) is 7.13. The summed E-state index contributed by atoms with van der Waals surface area (Å²) in [5.41, 5.74) is 2.08. The first-order valence-electron chi connectivity index (χ1n) is 4.66. The van der Waals surface area contributed by atoms with Crippen molar-refractivity contribution in [3.05, 3.63) is 35.4 Å². The van der Waals surface area contributed by atoms with Crippen LogP contribution in [0.2, 0.25) is 0 Å². The van der Waals surface area contributed by atoms with Gasteiger partial charge in [0.1, 0.15) is 5.75 Å². The van der Waals surface area contributed by atoms with Crippen molar-refractivity contribution in [2.24, 2.45) is 0 Å². The van der Waals surface area contributed by atoms with E-state index < -0.39 is 5.97 Å². The lowest BCUT2D eigenvalue weighted by Gasteiger charge is -2.03. The Hall–Kier alpha value is -1.77. The van der Waals surface area contributed by atoms with E-state index in [1.807, 2.05) is 25.1 Å². The molecule has 0 radical (unpaired) electrons. The van der Waals surface area contributed by atoms with Crippen LogP contribution in [-0.4, -0.2) is 18.2 Å². The number of rotatable bonds is 4. The molecule has 0 amide bonds. The molecule has 0 aliphatic rings. The Kier molecular flexibility index (Phi) is 3.92. The molecule has 0 aliphatic heterocycles. The number of aryl methyl sites for hydroxylation is 1. The molecule has 0 fully saturated rings. The van der Waals surface area contributed by atoms with Gasteiger partial charge in [0.25, 0.3) is 0 Å². The molecular formula is C12H14O3. The number of benzene rings is 1. The van der Waals surface area contributed by atoms with Crippen molar-refractivity contribution >= 4 is 12.0 Å². The molecule has 0 spiro atoms. The molecule has 80 valence electrons. The van der Waals surface area contributed by atoms with Crippen LogP contribution in [0.3, 0.4) is 0 Å². The van der Waals surface area contributed by atoms with E-state index in [4.69, 9.17) is 9.84 Å². The molecule has 3 heteroatoms. The molecule has 0 saturated carbocycles. The number of hydrogen-bond acceptors (Lipinski definition) is 2. The molecule has 1 N–H and O–H groups in total. The number of ether oxygens (including phenoxy) is 1. The summed E-state index contributed by atoms with van der Waals surface area (Å²) in [6.07, 6.45) is 3.47. The van der Waals surface area contributed by atoms with Crippen LogP contribution >= 0.6 is 0 Å². The minimum Gasteiger partial charge on any atom is -0.497 e. The van der Waals surface area contributed by atoms with Gasteiger partial charge in [-0.3, -0.25) is 4.79 Å². The lowest BCUT2D eigenvalue weighted by Crippen LogP contribution is -1.90. The number of carboxylic acid groups (broad SMARTS) is 1. The first-order valence-corrected chi connectivity index (χ1v) is 4.66. The first kappa shape index (κ1) is 11.3. The Morgan fingerprint density at radius 1 is 1.53 bits per heavy atom. The van der Waals surface area contributed by atoms with E-state index >= 15 is 0 Å². The van der Waals surface area contributed by atoms with Crippen LogP contribution in [0.25, 0.3) is 6.08 Å². The standard InChI is InChI=1S/C12H14O3/c1-9-6-7-11(15-2)8-10(9)4-3-5-12(13)14/h3-4,6-8H,5H2,1-2H3,(H,13,14)/b4-3+. The summed E-state index contributed by atoms with van der Waals surface area (Å²) >= 11 is 0. The van der Waals surface area contributed by atoms with Crippen LogP contribution in [0, 0.1) is 6.92 Å². The molecule has 1 aromatic rings. The maximum absolute atomic E-state index is 10.3. The van der Waals surface area contributed by atoms with Crippen molar-refractivity contribution in [2.75, 3.05) is 7.11 Å². The second-order valence-corrected chi connectivity index (χ2v) is 3.22. The van der Waals surface area contributed by atoms with Crippen molar-refractivity contribution in [1.82, 2.24) is 0 Å². The van der Waals surface area contributed by atoms with Crippen LogP contribution in [0.4, 0.5) is 0 Å². The van der Waals surface area contributed by atoms with Gasteiger partial charge in [-0.2, -0.15) is 0 Å². The Bertz CT molecular complexity index is 380. The maximum Gasteiger partial charge on any atom is 0.307 e. The van der Waals surface area contributed by atoms with Crippen molar-refractivity contribution < 1.29 is 14.6 Å². The lowest BCUT2D eigenvalue weighted by molar-refractivity contribution is -0.135. The third-order valence-corrected chi connectivity index (χ3v) is 2.08. The van der Waals surface area contributed by atoms with Crippen molar-refractivity contribution in [3.8, 4) is 5.75 Å². The Labute approximate surface area is 89.0 Å². The highest BCUT2D eigenvalue weighted by Crippen LogP contribution is 2.18. The molecule has 3 nitrogen and oxygen atoms in total. The van der Waals surface area contributed by atoms with Crippen molar-refractivity contribution in [1.29, 1.82) is 0 Å². The molecule has 0 atom stereocenters. The largest absolute Gasteiger partial charge is 0.497 e. The minimum absolute atomic E-state index is 0.0383. The van der Waals surface area contributed by atoms with Gasteiger partial charge in [0.15, 0.2) is 0 Å². The van der Waals surface area contributed by atoms with E-state index in [2.05, 4.69) is 0 Å². The van der Waals surface area contributed by atoms with E-state index in [1.165, 1.54) is 0 Å².